The standard InChI is InChI=1S/C11H18N4O5S/c1-2-20-7-3-6-13-21(18,19)9-4-5-11(15(16)17)10(8-9)14-12/h4-5,8,13-14H,2-3,6-7,12H2,1H3. The van der Waals surface area contributed by atoms with Gasteiger partial charge in [-0.05, 0) is 25.5 Å². The topological polar surface area (TPSA) is 137 Å². The molecule has 0 atom stereocenters. The van der Waals surface area contributed by atoms with Crippen LogP contribution in [0.3, 0.4) is 0 Å². The number of nitrogens with two attached hydrogens (primary N) is 1. The van der Waals surface area contributed by atoms with Crippen molar-refractivity contribution in [2.75, 3.05) is 25.2 Å². The van der Waals surface area contributed by atoms with Gasteiger partial charge < -0.3 is 10.2 Å². The Kier molecular flexibility index (Phi) is 6.49. The lowest BCUT2D eigenvalue weighted by Crippen LogP contribution is -2.26. The Labute approximate surface area is 122 Å². The van der Waals surface area contributed by atoms with E-state index >= 15 is 0 Å². The van der Waals surface area contributed by atoms with Crippen molar-refractivity contribution in [1.29, 1.82) is 0 Å². The van der Waals surface area contributed by atoms with Crippen LogP contribution in [0.5, 0.6) is 0 Å². The van der Waals surface area contributed by atoms with Crippen molar-refractivity contribution >= 4 is 21.4 Å². The molecule has 0 aliphatic heterocycles. The maximum absolute atomic E-state index is 12.0. The molecule has 0 amide bonds. The number of sulfonamides is 1. The van der Waals surface area contributed by atoms with Crippen LogP contribution in [0.25, 0.3) is 0 Å². The molecule has 0 aromatic heterocycles. The lowest BCUT2D eigenvalue weighted by molar-refractivity contribution is -0.384. The van der Waals surface area contributed by atoms with E-state index in [1.807, 2.05) is 6.92 Å². The fourth-order valence-corrected chi connectivity index (χ4v) is 2.67. The van der Waals surface area contributed by atoms with Gasteiger partial charge in [0.05, 0.1) is 9.82 Å². The number of hydrogen-bond donors (Lipinski definition) is 3. The van der Waals surface area contributed by atoms with Crippen molar-refractivity contribution in [3.63, 3.8) is 0 Å². The van der Waals surface area contributed by atoms with E-state index in [4.69, 9.17) is 10.6 Å². The van der Waals surface area contributed by atoms with Crippen LogP contribution in [-0.2, 0) is 14.8 Å². The second-order valence-corrected chi connectivity index (χ2v) is 5.80. The summed E-state index contributed by atoms with van der Waals surface area (Å²) in [6.45, 7) is 3.09. The summed E-state index contributed by atoms with van der Waals surface area (Å²) >= 11 is 0. The number of nitrogen functional groups attached to an aromatic ring is 1. The van der Waals surface area contributed by atoms with Crippen molar-refractivity contribution < 1.29 is 18.1 Å². The Morgan fingerprint density at radius 2 is 2.14 bits per heavy atom. The fraction of sp³-hybridized carbons (Fsp3) is 0.455. The Bertz CT molecular complexity index is 590. The van der Waals surface area contributed by atoms with Crippen LogP contribution in [0.1, 0.15) is 13.3 Å². The monoisotopic (exact) mass is 318 g/mol. The average molecular weight is 318 g/mol. The molecule has 1 aromatic rings. The predicted molar refractivity (Wildman–Crippen MR) is 77.2 cm³/mol. The molecule has 4 N–H and O–H groups in total. The molecule has 0 saturated carbocycles. The molecule has 9 nitrogen and oxygen atoms in total. The number of nitrogens with zero attached hydrogens (tertiary/aromatic N) is 1. The third-order valence-corrected chi connectivity index (χ3v) is 4.05. The van der Waals surface area contributed by atoms with Gasteiger partial charge in [0.2, 0.25) is 10.0 Å². The number of hydrogen-bond acceptors (Lipinski definition) is 7. The molecule has 0 aliphatic rings. The lowest BCUT2D eigenvalue weighted by Gasteiger charge is -2.08. The maximum atomic E-state index is 12.0. The van der Waals surface area contributed by atoms with Gasteiger partial charge in [0.15, 0.2) is 0 Å². The second-order valence-electron chi connectivity index (χ2n) is 4.03. The first-order valence-corrected chi connectivity index (χ1v) is 7.73. The molecule has 0 saturated heterocycles. The number of nitro benzene ring substituents is 1. The van der Waals surface area contributed by atoms with E-state index in [9.17, 15) is 18.5 Å². The van der Waals surface area contributed by atoms with E-state index in [1.54, 1.807) is 0 Å². The Morgan fingerprint density at radius 3 is 2.71 bits per heavy atom. The molecule has 0 heterocycles. The summed E-state index contributed by atoms with van der Waals surface area (Å²) in [5.74, 6) is 5.17. The van der Waals surface area contributed by atoms with Gasteiger partial charge >= 0.3 is 0 Å². The van der Waals surface area contributed by atoms with Crippen molar-refractivity contribution in [3.8, 4) is 0 Å². The highest BCUT2D eigenvalue weighted by Gasteiger charge is 2.19. The molecule has 21 heavy (non-hydrogen) atoms. The third-order valence-electron chi connectivity index (χ3n) is 2.59. The van der Waals surface area contributed by atoms with Gasteiger partial charge in [-0.3, -0.25) is 16.0 Å². The summed E-state index contributed by atoms with van der Waals surface area (Å²) in [6.07, 6.45) is 0.530. The van der Waals surface area contributed by atoms with Gasteiger partial charge in [0.25, 0.3) is 5.69 Å². The molecule has 10 heteroatoms. The predicted octanol–water partition coefficient (Wildman–Crippen LogP) is 0.585. The van der Waals surface area contributed by atoms with Crippen LogP contribution >= 0.6 is 0 Å². The number of nitro groups is 1. The van der Waals surface area contributed by atoms with E-state index < -0.39 is 14.9 Å². The minimum Gasteiger partial charge on any atom is -0.382 e. The quantitative estimate of drug-likeness (QED) is 0.262. The minimum atomic E-state index is -3.75. The first-order chi connectivity index (χ1) is 9.92. The third kappa shape index (κ3) is 4.93. The molecule has 0 unspecified atom stereocenters. The van der Waals surface area contributed by atoms with Gasteiger partial charge in [-0.1, -0.05) is 0 Å². The Hall–Kier alpha value is -1.75. The maximum Gasteiger partial charge on any atom is 0.293 e. The molecule has 0 radical (unpaired) electrons. The Balaban J connectivity index is 2.81. The summed E-state index contributed by atoms with van der Waals surface area (Å²) in [7, 11) is -3.75. The first kappa shape index (κ1) is 17.3. The van der Waals surface area contributed by atoms with Crippen molar-refractivity contribution in [2.45, 2.75) is 18.2 Å². The van der Waals surface area contributed by atoms with Crippen LogP contribution in [-0.4, -0.2) is 33.1 Å². The number of benzene rings is 1. The second kappa shape index (κ2) is 7.88. The zero-order valence-electron chi connectivity index (χ0n) is 11.5. The van der Waals surface area contributed by atoms with Crippen LogP contribution < -0.4 is 16.0 Å². The number of nitrogens with one attached hydrogen (secondary N) is 2. The fourth-order valence-electron chi connectivity index (χ4n) is 1.57. The SMILES string of the molecule is CCOCCCNS(=O)(=O)c1ccc([N+](=O)[O-])c(NN)c1. The largest absolute Gasteiger partial charge is 0.382 e. The summed E-state index contributed by atoms with van der Waals surface area (Å²) in [5.41, 5.74) is 1.75. The first-order valence-electron chi connectivity index (χ1n) is 6.25. The van der Waals surface area contributed by atoms with Crippen molar-refractivity contribution in [2.24, 2.45) is 5.84 Å². The molecule has 0 spiro atoms. The summed E-state index contributed by atoms with van der Waals surface area (Å²) < 4.78 is 31.5. The van der Waals surface area contributed by atoms with Crippen LogP contribution in [0.4, 0.5) is 11.4 Å². The normalized spacial score (nSPS) is 11.3. The van der Waals surface area contributed by atoms with E-state index in [1.165, 1.54) is 0 Å². The van der Waals surface area contributed by atoms with E-state index in [0.29, 0.717) is 19.6 Å². The van der Waals surface area contributed by atoms with E-state index in [-0.39, 0.29) is 22.8 Å². The molecular formula is C11H18N4O5S. The summed E-state index contributed by atoms with van der Waals surface area (Å²) in [5, 5.41) is 10.7. The van der Waals surface area contributed by atoms with Crippen molar-refractivity contribution in [3.05, 3.63) is 28.3 Å². The van der Waals surface area contributed by atoms with Crippen LogP contribution in [0.15, 0.2) is 23.1 Å². The highest BCUT2D eigenvalue weighted by atomic mass is 32.2. The highest BCUT2D eigenvalue weighted by Crippen LogP contribution is 2.26. The Morgan fingerprint density at radius 1 is 1.43 bits per heavy atom. The van der Waals surface area contributed by atoms with E-state index in [0.717, 1.165) is 18.2 Å². The molecule has 1 aromatic carbocycles. The lowest BCUT2D eigenvalue weighted by atomic mass is 10.3. The van der Waals surface area contributed by atoms with Gasteiger partial charge in [0.1, 0.15) is 5.69 Å². The smallest absolute Gasteiger partial charge is 0.293 e. The average Bonchev–Trinajstić information content (AvgIpc) is 2.46. The summed E-state index contributed by atoms with van der Waals surface area (Å²) in [4.78, 5) is 9.99. The number of anilines is 1. The zero-order chi connectivity index (χ0) is 15.9. The zero-order valence-corrected chi connectivity index (χ0v) is 12.4. The molecule has 0 bridgehead atoms. The number of ether oxygens (including phenoxy) is 1. The molecule has 1 rings (SSSR count). The van der Waals surface area contributed by atoms with Crippen LogP contribution in [0.2, 0.25) is 0 Å². The molecule has 0 aliphatic carbocycles. The summed E-state index contributed by atoms with van der Waals surface area (Å²) in [6, 6.07) is 3.36. The van der Waals surface area contributed by atoms with Gasteiger partial charge in [0, 0.05) is 25.8 Å². The van der Waals surface area contributed by atoms with Crippen LogP contribution in [0, 0.1) is 10.1 Å². The highest BCUT2D eigenvalue weighted by molar-refractivity contribution is 7.89. The van der Waals surface area contributed by atoms with E-state index in [2.05, 4.69) is 10.1 Å². The molecular weight excluding hydrogens is 300 g/mol. The minimum absolute atomic E-state index is 0.0720. The number of rotatable bonds is 9. The molecule has 118 valence electrons. The number of hydrazine groups is 1. The van der Waals surface area contributed by atoms with Gasteiger partial charge in [-0.2, -0.15) is 0 Å². The van der Waals surface area contributed by atoms with Gasteiger partial charge in [-0.15, -0.1) is 0 Å². The van der Waals surface area contributed by atoms with Crippen molar-refractivity contribution in [1.82, 2.24) is 4.72 Å². The molecule has 0 fully saturated rings. The van der Waals surface area contributed by atoms with Gasteiger partial charge in [-0.25, -0.2) is 13.1 Å².